The molecule has 31 heavy (non-hydrogen) atoms. The van der Waals surface area contributed by atoms with E-state index >= 15 is 0 Å². The van der Waals surface area contributed by atoms with Crippen LogP contribution in [-0.4, -0.2) is 29.5 Å². The van der Waals surface area contributed by atoms with Gasteiger partial charge in [0, 0.05) is 10.9 Å². The highest BCUT2D eigenvalue weighted by molar-refractivity contribution is 7.07. The standard InChI is InChI=1S/C22H23N3O5S/c1-3-28-18-8-10-20(11-9-18)30-15(2)21(26)24-25-22(27)16-4-6-19(7-5-16)29-12-17-13-31-14-23-17/h4-11,13-15H,3,12H2,1-2H3,(H,24,26)(H,25,27)/t15-/m1/s1. The monoisotopic (exact) mass is 441 g/mol. The number of thiazole rings is 1. The van der Waals surface area contributed by atoms with Crippen LogP contribution in [0.5, 0.6) is 17.2 Å². The Balaban J connectivity index is 1.43. The zero-order valence-corrected chi connectivity index (χ0v) is 18.0. The van der Waals surface area contributed by atoms with E-state index in [0.29, 0.717) is 30.3 Å². The second kappa shape index (κ2) is 11.0. The van der Waals surface area contributed by atoms with Crippen LogP contribution in [0, 0.1) is 0 Å². The SMILES string of the molecule is CCOc1ccc(O[C@H](C)C(=O)NNC(=O)c2ccc(OCc3cscn3)cc2)cc1. The molecule has 1 aromatic heterocycles. The third kappa shape index (κ3) is 6.71. The average molecular weight is 442 g/mol. The lowest BCUT2D eigenvalue weighted by atomic mass is 10.2. The molecule has 9 heteroatoms. The van der Waals surface area contributed by atoms with Crippen molar-refractivity contribution in [2.24, 2.45) is 0 Å². The highest BCUT2D eigenvalue weighted by Crippen LogP contribution is 2.18. The fourth-order valence-corrected chi connectivity index (χ4v) is 3.04. The van der Waals surface area contributed by atoms with Gasteiger partial charge >= 0.3 is 0 Å². The first-order valence-corrected chi connectivity index (χ1v) is 10.6. The first-order valence-electron chi connectivity index (χ1n) is 9.64. The second-order valence-corrected chi connectivity index (χ2v) is 7.12. The van der Waals surface area contributed by atoms with Crippen molar-refractivity contribution in [3.05, 3.63) is 70.7 Å². The Labute approximate surface area is 184 Å². The number of carbonyl (C=O) groups is 2. The van der Waals surface area contributed by atoms with Crippen LogP contribution in [0.25, 0.3) is 0 Å². The normalized spacial score (nSPS) is 11.3. The van der Waals surface area contributed by atoms with Crippen molar-refractivity contribution >= 4 is 23.2 Å². The van der Waals surface area contributed by atoms with Crippen LogP contribution in [-0.2, 0) is 11.4 Å². The molecule has 0 aliphatic carbocycles. The Bertz CT molecular complexity index is 975. The van der Waals surface area contributed by atoms with Crippen molar-refractivity contribution in [1.29, 1.82) is 0 Å². The van der Waals surface area contributed by atoms with Crippen LogP contribution in [0.3, 0.4) is 0 Å². The Kier molecular flexibility index (Phi) is 7.83. The number of hydrogen-bond acceptors (Lipinski definition) is 7. The van der Waals surface area contributed by atoms with E-state index in [1.54, 1.807) is 61.0 Å². The van der Waals surface area contributed by atoms with Crippen molar-refractivity contribution < 1.29 is 23.8 Å². The van der Waals surface area contributed by atoms with Gasteiger partial charge in [-0.3, -0.25) is 20.4 Å². The number of benzene rings is 2. The molecule has 162 valence electrons. The van der Waals surface area contributed by atoms with Crippen LogP contribution in [0.15, 0.2) is 59.4 Å². The van der Waals surface area contributed by atoms with Crippen LogP contribution in [0.2, 0.25) is 0 Å². The molecule has 1 atom stereocenters. The Morgan fingerprint density at radius 3 is 2.26 bits per heavy atom. The van der Waals surface area contributed by atoms with Gasteiger partial charge in [-0.25, -0.2) is 4.98 Å². The van der Waals surface area contributed by atoms with E-state index in [1.165, 1.54) is 11.3 Å². The van der Waals surface area contributed by atoms with Gasteiger partial charge in [-0.15, -0.1) is 11.3 Å². The third-order valence-electron chi connectivity index (χ3n) is 4.10. The van der Waals surface area contributed by atoms with Crippen LogP contribution >= 0.6 is 11.3 Å². The summed E-state index contributed by atoms with van der Waals surface area (Å²) in [4.78, 5) is 28.6. The Hall–Kier alpha value is -3.59. The molecule has 3 aromatic rings. The van der Waals surface area contributed by atoms with Gasteiger partial charge in [0.1, 0.15) is 23.9 Å². The largest absolute Gasteiger partial charge is 0.494 e. The molecule has 0 spiro atoms. The molecule has 0 unspecified atom stereocenters. The zero-order valence-electron chi connectivity index (χ0n) is 17.2. The van der Waals surface area contributed by atoms with Crippen molar-refractivity contribution in [2.45, 2.75) is 26.6 Å². The number of aromatic nitrogens is 1. The number of rotatable bonds is 9. The maximum absolute atomic E-state index is 12.3. The topological polar surface area (TPSA) is 98.8 Å². The summed E-state index contributed by atoms with van der Waals surface area (Å²) >= 11 is 1.50. The summed E-state index contributed by atoms with van der Waals surface area (Å²) in [6, 6.07) is 13.5. The summed E-state index contributed by atoms with van der Waals surface area (Å²) < 4.78 is 16.6. The molecular formula is C22H23N3O5S. The summed E-state index contributed by atoms with van der Waals surface area (Å²) in [7, 11) is 0. The molecule has 3 rings (SSSR count). The van der Waals surface area contributed by atoms with Gasteiger partial charge in [0.05, 0.1) is 17.8 Å². The van der Waals surface area contributed by atoms with Crippen LogP contribution in [0.4, 0.5) is 0 Å². The Morgan fingerprint density at radius 2 is 1.61 bits per heavy atom. The zero-order chi connectivity index (χ0) is 22.1. The van der Waals surface area contributed by atoms with Gasteiger partial charge in [-0.2, -0.15) is 0 Å². The molecule has 0 aliphatic rings. The molecule has 0 bridgehead atoms. The minimum atomic E-state index is -0.806. The highest BCUT2D eigenvalue weighted by atomic mass is 32.1. The summed E-state index contributed by atoms with van der Waals surface area (Å²) in [6.45, 7) is 4.42. The van der Waals surface area contributed by atoms with E-state index in [2.05, 4.69) is 15.8 Å². The summed E-state index contributed by atoms with van der Waals surface area (Å²) in [5.41, 5.74) is 7.70. The van der Waals surface area contributed by atoms with Gasteiger partial charge < -0.3 is 14.2 Å². The van der Waals surface area contributed by atoms with E-state index in [9.17, 15) is 9.59 Å². The number of nitrogens with zero attached hydrogens (tertiary/aromatic N) is 1. The first kappa shape index (κ1) is 22.1. The molecular weight excluding hydrogens is 418 g/mol. The minimum absolute atomic E-state index is 0.358. The lowest BCUT2D eigenvalue weighted by molar-refractivity contribution is -0.128. The van der Waals surface area contributed by atoms with E-state index < -0.39 is 17.9 Å². The highest BCUT2D eigenvalue weighted by Gasteiger charge is 2.16. The van der Waals surface area contributed by atoms with Crippen LogP contribution < -0.4 is 25.1 Å². The summed E-state index contributed by atoms with van der Waals surface area (Å²) in [5.74, 6) is 0.925. The molecule has 2 amide bonds. The molecule has 1 heterocycles. The van der Waals surface area contributed by atoms with Gasteiger partial charge in [0.25, 0.3) is 11.8 Å². The van der Waals surface area contributed by atoms with Gasteiger partial charge in [0.15, 0.2) is 6.10 Å². The number of carbonyl (C=O) groups excluding carboxylic acids is 2. The molecule has 2 aromatic carbocycles. The smallest absolute Gasteiger partial charge is 0.279 e. The van der Waals surface area contributed by atoms with E-state index in [4.69, 9.17) is 14.2 Å². The van der Waals surface area contributed by atoms with Gasteiger partial charge in [-0.1, -0.05) is 0 Å². The summed E-state index contributed by atoms with van der Waals surface area (Å²) in [6.07, 6.45) is -0.806. The molecule has 0 radical (unpaired) electrons. The number of ether oxygens (including phenoxy) is 3. The number of amides is 2. The van der Waals surface area contributed by atoms with Crippen LogP contribution in [0.1, 0.15) is 29.9 Å². The minimum Gasteiger partial charge on any atom is -0.494 e. The molecule has 0 saturated heterocycles. The van der Waals surface area contributed by atoms with Gasteiger partial charge in [0.2, 0.25) is 0 Å². The van der Waals surface area contributed by atoms with Crippen molar-refractivity contribution in [3.63, 3.8) is 0 Å². The molecule has 8 nitrogen and oxygen atoms in total. The van der Waals surface area contributed by atoms with Crippen molar-refractivity contribution in [3.8, 4) is 17.2 Å². The van der Waals surface area contributed by atoms with E-state index in [-0.39, 0.29) is 0 Å². The molecule has 0 saturated carbocycles. The van der Waals surface area contributed by atoms with Crippen molar-refractivity contribution in [1.82, 2.24) is 15.8 Å². The fraction of sp³-hybridized carbons (Fsp3) is 0.227. The number of hydrazine groups is 1. The quantitative estimate of drug-likeness (QED) is 0.494. The van der Waals surface area contributed by atoms with Gasteiger partial charge in [-0.05, 0) is 62.4 Å². The van der Waals surface area contributed by atoms with E-state index in [1.807, 2.05) is 12.3 Å². The molecule has 0 aliphatic heterocycles. The molecule has 0 fully saturated rings. The first-order chi connectivity index (χ1) is 15.0. The lowest BCUT2D eigenvalue weighted by Gasteiger charge is -2.15. The predicted molar refractivity (Wildman–Crippen MR) is 116 cm³/mol. The maximum Gasteiger partial charge on any atom is 0.279 e. The number of hydrogen-bond donors (Lipinski definition) is 2. The lowest BCUT2D eigenvalue weighted by Crippen LogP contribution is -2.47. The summed E-state index contributed by atoms with van der Waals surface area (Å²) in [5, 5.41) is 1.91. The maximum atomic E-state index is 12.3. The average Bonchev–Trinajstić information content (AvgIpc) is 3.31. The fourth-order valence-electron chi connectivity index (χ4n) is 2.50. The number of nitrogens with one attached hydrogen (secondary N) is 2. The third-order valence-corrected chi connectivity index (χ3v) is 4.74. The van der Waals surface area contributed by atoms with E-state index in [0.717, 1.165) is 11.4 Å². The van der Waals surface area contributed by atoms with Crippen molar-refractivity contribution in [2.75, 3.05) is 6.61 Å². The Morgan fingerprint density at radius 1 is 0.968 bits per heavy atom. The second-order valence-electron chi connectivity index (χ2n) is 6.40. The predicted octanol–water partition coefficient (Wildman–Crippen LogP) is 3.35. The molecule has 2 N–H and O–H groups in total.